The molecule has 1 aliphatic carbocycles. The van der Waals surface area contributed by atoms with Crippen molar-refractivity contribution in [2.24, 2.45) is 10.8 Å². The number of carbonyl (C=O) groups is 2. The number of carbonyl (C=O) groups excluding carboxylic acids is 2. The van der Waals surface area contributed by atoms with E-state index in [1.165, 1.54) is 0 Å². The molecular formula is C14H20N2O3. The smallest absolute Gasteiger partial charge is 0.410 e. The molecule has 1 heterocycles. The van der Waals surface area contributed by atoms with Crippen LogP contribution < -0.4 is 0 Å². The normalized spacial score (nSPS) is 28.6. The van der Waals surface area contributed by atoms with Crippen molar-refractivity contribution in [1.82, 2.24) is 4.90 Å². The predicted octanol–water partition coefficient (Wildman–Crippen LogP) is 2.12. The largest absolute Gasteiger partial charge is 0.444 e. The van der Waals surface area contributed by atoms with E-state index in [1.807, 2.05) is 20.8 Å². The summed E-state index contributed by atoms with van der Waals surface area (Å²) in [7, 11) is 0. The van der Waals surface area contributed by atoms with Crippen molar-refractivity contribution >= 4 is 12.4 Å². The van der Waals surface area contributed by atoms with Crippen molar-refractivity contribution in [3.63, 3.8) is 0 Å². The first-order valence-electron chi connectivity index (χ1n) is 6.63. The van der Waals surface area contributed by atoms with E-state index in [9.17, 15) is 9.59 Å². The van der Waals surface area contributed by atoms with Crippen LogP contribution in [0.5, 0.6) is 0 Å². The third kappa shape index (κ3) is 2.32. The molecule has 1 atom stereocenters. The van der Waals surface area contributed by atoms with Gasteiger partial charge in [0.15, 0.2) is 0 Å². The molecule has 2 fully saturated rings. The fourth-order valence-corrected chi connectivity index (χ4v) is 2.91. The Kier molecular flexibility index (Phi) is 3.08. The Labute approximate surface area is 113 Å². The van der Waals surface area contributed by atoms with Gasteiger partial charge >= 0.3 is 6.09 Å². The average Bonchev–Trinajstić information content (AvgIpc) is 2.96. The van der Waals surface area contributed by atoms with Gasteiger partial charge in [-0.1, -0.05) is 0 Å². The van der Waals surface area contributed by atoms with Crippen LogP contribution in [-0.2, 0) is 9.53 Å². The molecule has 0 N–H and O–H groups in total. The second-order valence-corrected chi connectivity index (χ2v) is 6.63. The van der Waals surface area contributed by atoms with Gasteiger partial charge in [-0.05, 0) is 40.0 Å². The van der Waals surface area contributed by atoms with E-state index in [0.717, 1.165) is 6.29 Å². The molecule has 1 spiro atoms. The first-order valence-corrected chi connectivity index (χ1v) is 6.63. The Morgan fingerprint density at radius 2 is 1.95 bits per heavy atom. The van der Waals surface area contributed by atoms with Crippen LogP contribution in [0, 0.1) is 22.2 Å². The number of piperidine rings is 1. The summed E-state index contributed by atoms with van der Waals surface area (Å²) in [5.41, 5.74) is -1.49. The van der Waals surface area contributed by atoms with Crippen LogP contribution in [0.15, 0.2) is 0 Å². The lowest BCUT2D eigenvalue weighted by Crippen LogP contribution is -2.43. The highest BCUT2D eigenvalue weighted by molar-refractivity contribution is 5.72. The van der Waals surface area contributed by atoms with Crippen molar-refractivity contribution in [3.05, 3.63) is 0 Å². The van der Waals surface area contributed by atoms with Crippen LogP contribution >= 0.6 is 0 Å². The molecule has 1 saturated heterocycles. The molecule has 5 nitrogen and oxygen atoms in total. The van der Waals surface area contributed by atoms with E-state index in [1.54, 1.807) is 4.90 Å². The quantitative estimate of drug-likeness (QED) is 0.680. The van der Waals surface area contributed by atoms with Crippen LogP contribution in [0.2, 0.25) is 0 Å². The number of hydrogen-bond donors (Lipinski definition) is 0. The van der Waals surface area contributed by atoms with Crippen molar-refractivity contribution in [3.8, 4) is 6.07 Å². The molecule has 1 saturated carbocycles. The lowest BCUT2D eigenvalue weighted by Gasteiger charge is -2.34. The molecule has 2 aliphatic rings. The summed E-state index contributed by atoms with van der Waals surface area (Å²) in [5, 5.41) is 9.12. The summed E-state index contributed by atoms with van der Waals surface area (Å²) < 4.78 is 5.32. The second kappa shape index (κ2) is 4.22. The maximum Gasteiger partial charge on any atom is 0.410 e. The lowest BCUT2D eigenvalue weighted by molar-refractivity contribution is -0.111. The zero-order valence-corrected chi connectivity index (χ0v) is 11.7. The van der Waals surface area contributed by atoms with Crippen molar-refractivity contribution in [1.29, 1.82) is 5.26 Å². The number of nitrogens with zero attached hydrogens (tertiary/aromatic N) is 2. The lowest BCUT2D eigenvalue weighted by atomic mass is 9.85. The molecule has 19 heavy (non-hydrogen) atoms. The molecule has 0 aromatic heterocycles. The molecule has 1 unspecified atom stereocenters. The number of aldehydes is 1. The Morgan fingerprint density at radius 1 is 1.37 bits per heavy atom. The highest BCUT2D eigenvalue weighted by Crippen LogP contribution is 2.67. The first kappa shape index (κ1) is 13.9. The Balaban J connectivity index is 1.93. The van der Waals surface area contributed by atoms with Crippen molar-refractivity contribution in [2.45, 2.75) is 45.6 Å². The van der Waals surface area contributed by atoms with Gasteiger partial charge in [0.2, 0.25) is 0 Å². The maximum atomic E-state index is 11.9. The number of likely N-dealkylation sites (tertiary alicyclic amines) is 1. The van der Waals surface area contributed by atoms with Gasteiger partial charge in [-0.15, -0.1) is 0 Å². The number of ether oxygens (including phenoxy) is 1. The van der Waals surface area contributed by atoms with Gasteiger partial charge in [-0.3, -0.25) is 0 Å². The molecule has 1 amide bonds. The Hall–Kier alpha value is -1.57. The summed E-state index contributed by atoms with van der Waals surface area (Å²) in [6.07, 6.45) is 2.53. The van der Waals surface area contributed by atoms with E-state index in [4.69, 9.17) is 10.00 Å². The molecule has 0 radical (unpaired) electrons. The van der Waals surface area contributed by atoms with Crippen molar-refractivity contribution in [2.75, 3.05) is 13.1 Å². The monoisotopic (exact) mass is 264 g/mol. The van der Waals surface area contributed by atoms with Crippen LogP contribution in [0.25, 0.3) is 0 Å². The molecule has 1 aliphatic heterocycles. The van der Waals surface area contributed by atoms with E-state index < -0.39 is 11.0 Å². The fourth-order valence-electron chi connectivity index (χ4n) is 2.91. The van der Waals surface area contributed by atoms with Gasteiger partial charge in [0.25, 0.3) is 0 Å². The number of nitriles is 1. The number of rotatable bonds is 1. The zero-order valence-electron chi connectivity index (χ0n) is 11.7. The standard InChI is InChI=1S/C14H20N2O3/c1-12(2,3)19-11(18)16-6-4-13(5-7-16)8-14(13,9-15)10-17/h10H,4-8H2,1-3H3. The summed E-state index contributed by atoms with van der Waals surface area (Å²) in [5.74, 6) is 0. The van der Waals surface area contributed by atoms with E-state index >= 15 is 0 Å². The van der Waals surface area contributed by atoms with Gasteiger partial charge in [0.1, 0.15) is 17.3 Å². The minimum absolute atomic E-state index is 0.192. The maximum absolute atomic E-state index is 11.9. The van der Waals surface area contributed by atoms with E-state index in [-0.39, 0.29) is 11.5 Å². The molecule has 0 bridgehead atoms. The van der Waals surface area contributed by atoms with Crippen LogP contribution in [0.3, 0.4) is 0 Å². The summed E-state index contributed by atoms with van der Waals surface area (Å²) in [6, 6.07) is 2.14. The fraction of sp³-hybridized carbons (Fsp3) is 0.786. The third-order valence-corrected chi connectivity index (χ3v) is 4.21. The Morgan fingerprint density at radius 3 is 2.32 bits per heavy atom. The Bertz CT molecular complexity index is 439. The number of amides is 1. The van der Waals surface area contributed by atoms with Gasteiger partial charge in [-0.25, -0.2) is 4.79 Å². The summed E-state index contributed by atoms with van der Waals surface area (Å²) in [6.45, 7) is 6.64. The molecular weight excluding hydrogens is 244 g/mol. The molecule has 0 aromatic carbocycles. The van der Waals surface area contributed by atoms with E-state index in [2.05, 4.69) is 6.07 Å². The average molecular weight is 264 g/mol. The van der Waals surface area contributed by atoms with Gasteiger partial charge < -0.3 is 14.4 Å². The van der Waals surface area contributed by atoms with Crippen LogP contribution in [0.1, 0.15) is 40.0 Å². The SMILES string of the molecule is CC(C)(C)OC(=O)N1CCC2(CC1)CC2(C#N)C=O. The first-order chi connectivity index (χ1) is 8.77. The predicted molar refractivity (Wildman–Crippen MR) is 68.2 cm³/mol. The third-order valence-electron chi connectivity index (χ3n) is 4.21. The highest BCUT2D eigenvalue weighted by atomic mass is 16.6. The van der Waals surface area contributed by atoms with Crippen molar-refractivity contribution < 1.29 is 14.3 Å². The topological polar surface area (TPSA) is 70.4 Å². The van der Waals surface area contributed by atoms with Crippen LogP contribution in [0.4, 0.5) is 4.79 Å². The van der Waals surface area contributed by atoms with E-state index in [0.29, 0.717) is 32.4 Å². The molecule has 5 heteroatoms. The second-order valence-electron chi connectivity index (χ2n) is 6.63. The van der Waals surface area contributed by atoms with Crippen LogP contribution in [-0.4, -0.2) is 36.0 Å². The summed E-state index contributed by atoms with van der Waals surface area (Å²) in [4.78, 5) is 24.7. The van der Waals surface area contributed by atoms with Gasteiger partial charge in [-0.2, -0.15) is 5.26 Å². The minimum Gasteiger partial charge on any atom is -0.444 e. The minimum atomic E-state index is -0.799. The molecule has 2 rings (SSSR count). The highest BCUT2D eigenvalue weighted by Gasteiger charge is 2.68. The number of hydrogen-bond acceptors (Lipinski definition) is 4. The molecule has 0 aromatic rings. The van der Waals surface area contributed by atoms with Gasteiger partial charge in [0, 0.05) is 18.5 Å². The molecule has 104 valence electrons. The summed E-state index contributed by atoms with van der Waals surface area (Å²) >= 11 is 0. The van der Waals surface area contributed by atoms with Gasteiger partial charge in [0.05, 0.1) is 6.07 Å². The zero-order chi connectivity index (χ0) is 14.3.